The molecule has 0 fully saturated rings. The molecule has 1 aromatic carbocycles. The Labute approximate surface area is 128 Å². The minimum atomic E-state index is -0.0221. The van der Waals surface area contributed by atoms with Gasteiger partial charge in [0.2, 0.25) is 5.88 Å². The fourth-order valence-corrected chi connectivity index (χ4v) is 2.13. The molecule has 1 aromatic heterocycles. The molecule has 0 amide bonds. The first-order valence-corrected chi connectivity index (χ1v) is 6.72. The maximum Gasteiger partial charge on any atom is 0.225 e. The van der Waals surface area contributed by atoms with Crippen LogP contribution in [0.5, 0.6) is 5.88 Å². The van der Waals surface area contributed by atoms with Crippen LogP contribution in [-0.2, 0) is 6.61 Å². The van der Waals surface area contributed by atoms with Gasteiger partial charge in [0.25, 0.3) is 0 Å². The fraction of sp³-hybridized carbons (Fsp3) is 0.200. The summed E-state index contributed by atoms with van der Waals surface area (Å²) in [5.41, 5.74) is 8.78. The lowest BCUT2D eigenvalue weighted by molar-refractivity contribution is 0.291. The second-order valence-electron chi connectivity index (χ2n) is 4.66. The zero-order valence-electron chi connectivity index (χ0n) is 11.8. The number of amidine groups is 1. The second-order valence-corrected chi connectivity index (χ2v) is 5.10. The summed E-state index contributed by atoms with van der Waals surface area (Å²) >= 11 is 5.84. The van der Waals surface area contributed by atoms with Crippen molar-refractivity contribution in [1.29, 1.82) is 0 Å². The van der Waals surface area contributed by atoms with Crippen molar-refractivity contribution >= 4 is 17.4 Å². The molecule has 0 aliphatic heterocycles. The van der Waals surface area contributed by atoms with Crippen LogP contribution < -0.4 is 10.5 Å². The van der Waals surface area contributed by atoms with Gasteiger partial charge < -0.3 is 15.7 Å². The first kappa shape index (κ1) is 15.1. The Balaban J connectivity index is 2.28. The van der Waals surface area contributed by atoms with E-state index in [1.54, 1.807) is 12.1 Å². The third-order valence-electron chi connectivity index (χ3n) is 2.96. The summed E-state index contributed by atoms with van der Waals surface area (Å²) in [5, 5.41) is 12.6. The second kappa shape index (κ2) is 6.45. The molecule has 0 saturated carbocycles. The van der Waals surface area contributed by atoms with Crippen molar-refractivity contribution in [2.75, 3.05) is 0 Å². The number of nitrogens with zero attached hydrogens (tertiary/aromatic N) is 2. The van der Waals surface area contributed by atoms with E-state index in [2.05, 4.69) is 10.1 Å². The predicted octanol–water partition coefficient (Wildman–Crippen LogP) is 3.03. The number of hydrogen-bond acceptors (Lipinski definition) is 4. The lowest BCUT2D eigenvalue weighted by Gasteiger charge is -2.13. The number of halogens is 1. The van der Waals surface area contributed by atoms with Crippen LogP contribution in [0.3, 0.4) is 0 Å². The predicted molar refractivity (Wildman–Crippen MR) is 82.0 cm³/mol. The van der Waals surface area contributed by atoms with E-state index in [1.807, 2.05) is 32.0 Å². The van der Waals surface area contributed by atoms with E-state index in [4.69, 9.17) is 27.3 Å². The van der Waals surface area contributed by atoms with Crippen molar-refractivity contribution in [3.63, 3.8) is 0 Å². The van der Waals surface area contributed by atoms with E-state index in [9.17, 15) is 0 Å². The Morgan fingerprint density at radius 3 is 2.62 bits per heavy atom. The molecule has 0 aliphatic carbocycles. The lowest BCUT2D eigenvalue weighted by Crippen LogP contribution is -2.17. The van der Waals surface area contributed by atoms with Gasteiger partial charge in [-0.2, -0.15) is 0 Å². The van der Waals surface area contributed by atoms with E-state index < -0.39 is 0 Å². The van der Waals surface area contributed by atoms with Crippen molar-refractivity contribution in [2.24, 2.45) is 10.9 Å². The standard InChI is InChI=1S/C15H16ClN3O2/c1-9-7-10(2)18-15(13(9)14(17)19-20)21-8-11-3-5-12(16)6-4-11/h3-7,20H,8H2,1-2H3,(H2,17,19). The molecule has 5 nitrogen and oxygen atoms in total. The third-order valence-corrected chi connectivity index (χ3v) is 3.22. The molecule has 0 atom stereocenters. The molecule has 0 spiro atoms. The van der Waals surface area contributed by atoms with Crippen LogP contribution >= 0.6 is 11.6 Å². The number of ether oxygens (including phenoxy) is 1. The van der Waals surface area contributed by atoms with Crippen molar-refractivity contribution in [3.8, 4) is 5.88 Å². The number of benzene rings is 1. The molecular formula is C15H16ClN3O2. The molecule has 0 bridgehead atoms. The smallest absolute Gasteiger partial charge is 0.225 e. The van der Waals surface area contributed by atoms with E-state index in [1.165, 1.54) is 0 Å². The van der Waals surface area contributed by atoms with Crippen LogP contribution in [0.4, 0.5) is 0 Å². The van der Waals surface area contributed by atoms with Gasteiger partial charge in [0.1, 0.15) is 6.61 Å². The molecule has 0 unspecified atom stereocenters. The van der Waals surface area contributed by atoms with Gasteiger partial charge in [-0.25, -0.2) is 4.98 Å². The third kappa shape index (κ3) is 3.64. The Morgan fingerprint density at radius 2 is 2.00 bits per heavy atom. The highest BCUT2D eigenvalue weighted by molar-refractivity contribution is 6.30. The van der Waals surface area contributed by atoms with Gasteiger partial charge in [0.15, 0.2) is 5.84 Å². The fourth-order valence-electron chi connectivity index (χ4n) is 2.00. The largest absolute Gasteiger partial charge is 0.472 e. The Hall–Kier alpha value is -2.27. The highest BCUT2D eigenvalue weighted by Crippen LogP contribution is 2.22. The number of hydrogen-bond donors (Lipinski definition) is 2. The number of aryl methyl sites for hydroxylation is 2. The lowest BCUT2D eigenvalue weighted by atomic mass is 10.1. The minimum absolute atomic E-state index is 0.0221. The van der Waals surface area contributed by atoms with Gasteiger partial charge in [0.05, 0.1) is 5.56 Å². The topological polar surface area (TPSA) is 80.7 Å². The van der Waals surface area contributed by atoms with Crippen molar-refractivity contribution in [2.45, 2.75) is 20.5 Å². The van der Waals surface area contributed by atoms with Crippen LogP contribution in [0.25, 0.3) is 0 Å². The maximum atomic E-state index is 8.89. The summed E-state index contributed by atoms with van der Waals surface area (Å²) in [7, 11) is 0. The molecule has 0 saturated heterocycles. The highest BCUT2D eigenvalue weighted by Gasteiger charge is 2.14. The molecule has 110 valence electrons. The number of pyridine rings is 1. The Morgan fingerprint density at radius 1 is 1.33 bits per heavy atom. The number of nitrogens with two attached hydrogens (primary N) is 1. The Bertz CT molecular complexity index is 669. The molecule has 0 radical (unpaired) electrons. The Kier molecular flexibility index (Phi) is 4.65. The number of aromatic nitrogens is 1. The van der Waals surface area contributed by atoms with Gasteiger partial charge in [-0.3, -0.25) is 0 Å². The van der Waals surface area contributed by atoms with Crippen LogP contribution in [0.15, 0.2) is 35.5 Å². The summed E-state index contributed by atoms with van der Waals surface area (Å²) in [5.74, 6) is 0.323. The maximum absolute atomic E-state index is 8.89. The first-order chi connectivity index (χ1) is 10.0. The van der Waals surface area contributed by atoms with Crippen LogP contribution in [0, 0.1) is 13.8 Å². The number of rotatable bonds is 4. The molecule has 2 rings (SSSR count). The zero-order valence-corrected chi connectivity index (χ0v) is 12.6. The molecule has 6 heteroatoms. The average Bonchev–Trinajstić information content (AvgIpc) is 2.45. The summed E-state index contributed by atoms with van der Waals surface area (Å²) < 4.78 is 5.72. The summed E-state index contributed by atoms with van der Waals surface area (Å²) in [4.78, 5) is 4.32. The molecule has 2 aromatic rings. The quantitative estimate of drug-likeness (QED) is 0.394. The molecule has 3 N–H and O–H groups in total. The molecule has 0 aliphatic rings. The van der Waals surface area contributed by atoms with Gasteiger partial charge in [0, 0.05) is 10.7 Å². The summed E-state index contributed by atoms with van der Waals surface area (Å²) in [6.07, 6.45) is 0. The molecular weight excluding hydrogens is 290 g/mol. The normalized spacial score (nSPS) is 11.5. The average molecular weight is 306 g/mol. The van der Waals surface area contributed by atoms with Gasteiger partial charge in [-0.05, 0) is 43.2 Å². The van der Waals surface area contributed by atoms with E-state index in [0.29, 0.717) is 23.1 Å². The number of oxime groups is 1. The van der Waals surface area contributed by atoms with Crippen molar-refractivity contribution < 1.29 is 9.94 Å². The van der Waals surface area contributed by atoms with E-state index in [-0.39, 0.29) is 5.84 Å². The van der Waals surface area contributed by atoms with Crippen LogP contribution in [0.2, 0.25) is 5.02 Å². The molecule has 1 heterocycles. The van der Waals surface area contributed by atoms with E-state index in [0.717, 1.165) is 16.8 Å². The van der Waals surface area contributed by atoms with E-state index >= 15 is 0 Å². The van der Waals surface area contributed by atoms with Crippen molar-refractivity contribution in [1.82, 2.24) is 4.98 Å². The summed E-state index contributed by atoms with van der Waals surface area (Å²) in [6.45, 7) is 4.04. The monoisotopic (exact) mass is 305 g/mol. The first-order valence-electron chi connectivity index (χ1n) is 6.34. The SMILES string of the molecule is Cc1cc(C)c(C(N)=NO)c(OCc2ccc(Cl)cc2)n1. The van der Waals surface area contributed by atoms with Gasteiger partial charge in [-0.15, -0.1) is 0 Å². The van der Waals surface area contributed by atoms with Gasteiger partial charge in [-0.1, -0.05) is 28.9 Å². The van der Waals surface area contributed by atoms with Crippen LogP contribution in [0.1, 0.15) is 22.4 Å². The summed E-state index contributed by atoms with van der Waals surface area (Å²) in [6, 6.07) is 9.17. The van der Waals surface area contributed by atoms with Crippen LogP contribution in [-0.4, -0.2) is 16.0 Å². The molecule has 21 heavy (non-hydrogen) atoms. The van der Waals surface area contributed by atoms with Gasteiger partial charge >= 0.3 is 0 Å². The zero-order chi connectivity index (χ0) is 15.4. The minimum Gasteiger partial charge on any atom is -0.472 e. The highest BCUT2D eigenvalue weighted by atomic mass is 35.5. The van der Waals surface area contributed by atoms with Crippen molar-refractivity contribution in [3.05, 3.63) is 57.7 Å².